The molecule has 1 unspecified atom stereocenters. The lowest BCUT2D eigenvalue weighted by molar-refractivity contribution is 0.379. The third kappa shape index (κ3) is 2.96. The average molecular weight is 232 g/mol. The third-order valence-corrected chi connectivity index (χ3v) is 2.84. The Balaban J connectivity index is 2.16. The van der Waals surface area contributed by atoms with E-state index in [4.69, 9.17) is 4.74 Å². The Labute approximate surface area is 102 Å². The van der Waals surface area contributed by atoms with E-state index in [1.165, 1.54) is 17.2 Å². The lowest BCUT2D eigenvalue weighted by atomic mass is 10.1. The van der Waals surface area contributed by atoms with Crippen molar-refractivity contribution in [2.75, 3.05) is 0 Å². The van der Waals surface area contributed by atoms with Crippen LogP contribution in [0.25, 0.3) is 0 Å². The first-order chi connectivity index (χ1) is 8.19. The number of allylic oxidation sites excluding steroid dienone is 3. The molecule has 0 saturated carbocycles. The molecule has 1 aliphatic carbocycles. The van der Waals surface area contributed by atoms with Crippen LogP contribution in [0.3, 0.4) is 0 Å². The molecule has 0 N–H and O–H groups in total. The highest BCUT2D eigenvalue weighted by Gasteiger charge is 2.09. The lowest BCUT2D eigenvalue weighted by Crippen LogP contribution is -2.04. The van der Waals surface area contributed by atoms with Crippen LogP contribution in [0.15, 0.2) is 42.2 Å². The molecule has 0 saturated heterocycles. The van der Waals surface area contributed by atoms with Gasteiger partial charge in [0.1, 0.15) is 17.7 Å². The van der Waals surface area contributed by atoms with Crippen LogP contribution in [0.2, 0.25) is 0 Å². The van der Waals surface area contributed by atoms with Crippen LogP contribution in [0.1, 0.15) is 24.5 Å². The van der Waals surface area contributed by atoms with Gasteiger partial charge in [0.25, 0.3) is 0 Å². The summed E-state index contributed by atoms with van der Waals surface area (Å²) < 4.78 is 18.7. The van der Waals surface area contributed by atoms with Gasteiger partial charge in [0, 0.05) is 6.42 Å². The highest BCUT2D eigenvalue weighted by atomic mass is 19.1. The van der Waals surface area contributed by atoms with E-state index in [9.17, 15) is 4.39 Å². The molecule has 0 bridgehead atoms. The lowest BCUT2D eigenvalue weighted by Gasteiger charge is -2.14. The Hall–Kier alpha value is -1.57. The zero-order chi connectivity index (χ0) is 12.3. The summed E-state index contributed by atoms with van der Waals surface area (Å²) in [5.74, 6) is 1.60. The van der Waals surface area contributed by atoms with Gasteiger partial charge in [0.15, 0.2) is 0 Å². The summed E-state index contributed by atoms with van der Waals surface area (Å²) in [4.78, 5) is 0. The predicted molar refractivity (Wildman–Crippen MR) is 67.9 cm³/mol. The van der Waals surface area contributed by atoms with Crippen LogP contribution in [-0.2, 0) is 6.42 Å². The average Bonchev–Trinajstić information content (AvgIpc) is 2.34. The van der Waals surface area contributed by atoms with Crippen molar-refractivity contribution in [1.29, 1.82) is 0 Å². The van der Waals surface area contributed by atoms with Gasteiger partial charge >= 0.3 is 0 Å². The number of aryl methyl sites for hydroxylation is 2. The minimum atomic E-state index is -0.869. The van der Waals surface area contributed by atoms with E-state index in [2.05, 4.69) is 19.9 Å². The number of benzene rings is 1. The van der Waals surface area contributed by atoms with E-state index >= 15 is 0 Å². The quantitative estimate of drug-likeness (QED) is 0.761. The molecule has 90 valence electrons. The summed E-state index contributed by atoms with van der Waals surface area (Å²) in [6.07, 6.45) is 5.50. The smallest absolute Gasteiger partial charge is 0.130 e. The fourth-order valence-electron chi connectivity index (χ4n) is 1.86. The van der Waals surface area contributed by atoms with E-state index in [-0.39, 0.29) is 0 Å². The van der Waals surface area contributed by atoms with Gasteiger partial charge in [0.2, 0.25) is 0 Å². The van der Waals surface area contributed by atoms with Crippen LogP contribution in [0, 0.1) is 6.92 Å². The number of halogens is 1. The van der Waals surface area contributed by atoms with Gasteiger partial charge in [-0.3, -0.25) is 0 Å². The van der Waals surface area contributed by atoms with Crippen LogP contribution < -0.4 is 4.74 Å². The molecule has 0 heterocycles. The van der Waals surface area contributed by atoms with Crippen molar-refractivity contribution in [1.82, 2.24) is 0 Å². The SMILES string of the molecule is CCc1cc(C)ccc1OC1=CCC(F)C=C1. The van der Waals surface area contributed by atoms with E-state index < -0.39 is 6.17 Å². The van der Waals surface area contributed by atoms with Crippen LogP contribution in [0.4, 0.5) is 4.39 Å². The summed E-state index contributed by atoms with van der Waals surface area (Å²) in [5.41, 5.74) is 2.41. The maximum absolute atomic E-state index is 12.9. The second-order valence-electron chi connectivity index (χ2n) is 4.28. The molecule has 0 radical (unpaired) electrons. The Kier molecular flexibility index (Phi) is 3.62. The zero-order valence-electron chi connectivity index (χ0n) is 10.2. The van der Waals surface area contributed by atoms with Crippen molar-refractivity contribution in [2.24, 2.45) is 0 Å². The van der Waals surface area contributed by atoms with Crippen molar-refractivity contribution in [3.63, 3.8) is 0 Å². The van der Waals surface area contributed by atoms with Gasteiger partial charge < -0.3 is 4.74 Å². The summed E-state index contributed by atoms with van der Waals surface area (Å²) >= 11 is 0. The maximum Gasteiger partial charge on any atom is 0.130 e. The monoisotopic (exact) mass is 232 g/mol. The molecule has 0 amide bonds. The predicted octanol–water partition coefficient (Wildman–Crippen LogP) is 4.12. The molecule has 0 fully saturated rings. The molecule has 1 aromatic rings. The summed E-state index contributed by atoms with van der Waals surface area (Å²) in [6.45, 7) is 4.17. The standard InChI is InChI=1S/C15H17FO/c1-3-12-10-11(2)4-9-15(12)17-14-7-5-13(16)6-8-14/h4-5,7-10,13H,3,6H2,1-2H3. The van der Waals surface area contributed by atoms with Crippen molar-refractivity contribution in [3.8, 4) is 5.75 Å². The molecule has 1 aromatic carbocycles. The summed E-state index contributed by atoms with van der Waals surface area (Å²) in [7, 11) is 0. The van der Waals surface area contributed by atoms with Crippen LogP contribution in [-0.4, -0.2) is 6.17 Å². The first-order valence-corrected chi connectivity index (χ1v) is 5.99. The Bertz CT molecular complexity index is 460. The van der Waals surface area contributed by atoms with Gasteiger partial charge in [0.05, 0.1) is 0 Å². The second-order valence-corrected chi connectivity index (χ2v) is 4.28. The summed E-state index contributed by atoms with van der Waals surface area (Å²) in [6, 6.07) is 6.13. The topological polar surface area (TPSA) is 9.23 Å². The second kappa shape index (κ2) is 5.17. The molecule has 1 atom stereocenters. The molecular weight excluding hydrogens is 215 g/mol. The van der Waals surface area contributed by atoms with E-state index in [0.717, 1.165) is 17.9 Å². The van der Waals surface area contributed by atoms with Crippen molar-refractivity contribution in [2.45, 2.75) is 32.9 Å². The Morgan fingerprint density at radius 3 is 2.88 bits per heavy atom. The fraction of sp³-hybridized carbons (Fsp3) is 0.333. The van der Waals surface area contributed by atoms with Crippen molar-refractivity contribution < 1.29 is 9.13 Å². The van der Waals surface area contributed by atoms with Crippen LogP contribution in [0.5, 0.6) is 5.75 Å². The van der Waals surface area contributed by atoms with Gasteiger partial charge in [-0.2, -0.15) is 0 Å². The number of hydrogen-bond acceptors (Lipinski definition) is 1. The normalized spacial score (nSPS) is 19.0. The van der Waals surface area contributed by atoms with E-state index in [1.54, 1.807) is 12.2 Å². The largest absolute Gasteiger partial charge is 0.457 e. The van der Waals surface area contributed by atoms with Crippen LogP contribution >= 0.6 is 0 Å². The van der Waals surface area contributed by atoms with Gasteiger partial charge in [-0.1, -0.05) is 24.6 Å². The minimum Gasteiger partial charge on any atom is -0.457 e. The molecular formula is C15H17FO. The molecule has 17 heavy (non-hydrogen) atoms. The Morgan fingerprint density at radius 1 is 1.41 bits per heavy atom. The summed E-state index contributed by atoms with van der Waals surface area (Å²) in [5, 5.41) is 0. The van der Waals surface area contributed by atoms with Gasteiger partial charge in [-0.15, -0.1) is 0 Å². The number of alkyl halides is 1. The van der Waals surface area contributed by atoms with Gasteiger partial charge in [-0.05, 0) is 43.2 Å². The first kappa shape index (κ1) is 11.9. The number of rotatable bonds is 3. The molecule has 2 heteroatoms. The number of hydrogen-bond donors (Lipinski definition) is 0. The molecule has 2 rings (SSSR count). The van der Waals surface area contributed by atoms with Crippen molar-refractivity contribution >= 4 is 0 Å². The third-order valence-electron chi connectivity index (χ3n) is 2.84. The van der Waals surface area contributed by atoms with E-state index in [1.807, 2.05) is 12.1 Å². The molecule has 0 aromatic heterocycles. The molecule has 0 spiro atoms. The van der Waals surface area contributed by atoms with Gasteiger partial charge in [-0.25, -0.2) is 4.39 Å². The Morgan fingerprint density at radius 2 is 2.24 bits per heavy atom. The number of ether oxygens (including phenoxy) is 1. The van der Waals surface area contributed by atoms with Crippen molar-refractivity contribution in [3.05, 3.63) is 53.3 Å². The minimum absolute atomic E-state index is 0.402. The van der Waals surface area contributed by atoms with E-state index in [0.29, 0.717) is 6.42 Å². The fourth-order valence-corrected chi connectivity index (χ4v) is 1.86. The molecule has 1 nitrogen and oxygen atoms in total. The zero-order valence-corrected chi connectivity index (χ0v) is 10.2. The maximum atomic E-state index is 12.9. The first-order valence-electron chi connectivity index (χ1n) is 5.99. The highest BCUT2D eigenvalue weighted by molar-refractivity contribution is 5.39. The highest BCUT2D eigenvalue weighted by Crippen LogP contribution is 2.24. The molecule has 0 aliphatic heterocycles. The molecule has 1 aliphatic rings.